The van der Waals surface area contributed by atoms with Gasteiger partial charge in [-0.1, -0.05) is 54.2 Å². The summed E-state index contributed by atoms with van der Waals surface area (Å²) in [6.45, 7) is 0. The zero-order valence-electron chi connectivity index (χ0n) is 12.4. The largest absolute Gasteiger partial charge is 0.481 e. The van der Waals surface area contributed by atoms with E-state index in [0.717, 1.165) is 22.0 Å². The number of nitrogens with zero attached hydrogens (tertiary/aromatic N) is 1. The molecule has 0 aliphatic carbocycles. The Hall–Kier alpha value is -2.38. The minimum Gasteiger partial charge on any atom is -0.481 e. The number of rotatable bonds is 6. The molecule has 1 unspecified atom stereocenters. The molecule has 122 valence electrons. The van der Waals surface area contributed by atoms with Gasteiger partial charge in [-0.3, -0.25) is 9.59 Å². The molecule has 2 N–H and O–H groups in total. The van der Waals surface area contributed by atoms with Gasteiger partial charge in [-0.25, -0.2) is 4.98 Å². The van der Waals surface area contributed by atoms with Crippen molar-refractivity contribution < 1.29 is 19.8 Å². The smallest absolute Gasteiger partial charge is 0.325 e. The normalized spacial score (nSPS) is 13.5. The molecule has 1 heterocycles. The van der Waals surface area contributed by atoms with E-state index in [1.165, 1.54) is 11.3 Å². The Bertz CT molecular complexity index is 861. The third kappa shape index (κ3) is 3.13. The topological polar surface area (TPSA) is 87.5 Å². The van der Waals surface area contributed by atoms with Crippen LogP contribution in [0.5, 0.6) is 0 Å². The predicted octanol–water partition coefficient (Wildman–Crippen LogP) is 3.84. The van der Waals surface area contributed by atoms with Gasteiger partial charge in [0, 0.05) is 0 Å². The molecule has 0 amide bonds. The Balaban J connectivity index is 2.09. The van der Waals surface area contributed by atoms with Gasteiger partial charge >= 0.3 is 11.9 Å². The molecular formula is C17H13NO4S2. The number of thiazole rings is 1. The number of thioether (sulfide) groups is 1. The summed E-state index contributed by atoms with van der Waals surface area (Å²) in [5.41, 5.74) is 1.21. The van der Waals surface area contributed by atoms with Crippen molar-refractivity contribution in [2.24, 2.45) is 0 Å². The number of fused-ring (bicyclic) bond motifs is 1. The maximum Gasteiger partial charge on any atom is 0.325 e. The Labute approximate surface area is 146 Å². The fraction of sp³-hybridized carbons (Fsp3) is 0.118. The molecule has 5 nitrogen and oxygen atoms in total. The molecule has 0 saturated heterocycles. The summed E-state index contributed by atoms with van der Waals surface area (Å²) < 4.78 is -0.160. The van der Waals surface area contributed by atoms with E-state index in [0.29, 0.717) is 9.90 Å². The fourth-order valence-corrected chi connectivity index (χ4v) is 4.94. The van der Waals surface area contributed by atoms with Gasteiger partial charge in [0.2, 0.25) is 0 Å². The van der Waals surface area contributed by atoms with Crippen LogP contribution < -0.4 is 0 Å². The highest BCUT2D eigenvalue weighted by Crippen LogP contribution is 2.46. The third-order valence-corrected chi connectivity index (χ3v) is 6.02. The average Bonchev–Trinajstić information content (AvgIpc) is 2.96. The van der Waals surface area contributed by atoms with Crippen molar-refractivity contribution >= 4 is 45.3 Å². The van der Waals surface area contributed by atoms with E-state index in [1.54, 1.807) is 30.3 Å². The van der Waals surface area contributed by atoms with Crippen LogP contribution in [0.25, 0.3) is 10.2 Å². The predicted molar refractivity (Wildman–Crippen MR) is 93.5 cm³/mol. The first-order valence-electron chi connectivity index (χ1n) is 7.06. The van der Waals surface area contributed by atoms with Crippen molar-refractivity contribution in [3.8, 4) is 0 Å². The van der Waals surface area contributed by atoms with Gasteiger partial charge in [-0.2, -0.15) is 0 Å². The first-order chi connectivity index (χ1) is 11.5. The summed E-state index contributed by atoms with van der Waals surface area (Å²) in [6.07, 6.45) is -0.535. The number of para-hydroxylation sites is 1. The molecule has 0 bridgehead atoms. The SMILES string of the molecule is O=C(O)CC(Sc1nc2ccccc2s1)(C(=O)O)c1ccccc1. The van der Waals surface area contributed by atoms with Crippen LogP contribution >= 0.6 is 23.1 Å². The Morgan fingerprint density at radius 1 is 1.04 bits per heavy atom. The van der Waals surface area contributed by atoms with E-state index >= 15 is 0 Å². The van der Waals surface area contributed by atoms with Gasteiger partial charge in [0.25, 0.3) is 0 Å². The van der Waals surface area contributed by atoms with Crippen LogP contribution in [0.1, 0.15) is 12.0 Å². The van der Waals surface area contributed by atoms with Gasteiger partial charge in [0.15, 0.2) is 9.09 Å². The van der Waals surface area contributed by atoms with Crippen LogP contribution in [0.3, 0.4) is 0 Å². The van der Waals surface area contributed by atoms with Gasteiger partial charge in [-0.15, -0.1) is 11.3 Å². The summed E-state index contributed by atoms with van der Waals surface area (Å²) in [4.78, 5) is 27.9. The number of aliphatic carboxylic acids is 2. The van der Waals surface area contributed by atoms with Crippen molar-refractivity contribution in [1.29, 1.82) is 0 Å². The van der Waals surface area contributed by atoms with E-state index in [4.69, 9.17) is 0 Å². The molecule has 24 heavy (non-hydrogen) atoms. The monoisotopic (exact) mass is 359 g/mol. The van der Waals surface area contributed by atoms with Crippen molar-refractivity contribution in [3.63, 3.8) is 0 Å². The van der Waals surface area contributed by atoms with Crippen LogP contribution in [0.2, 0.25) is 0 Å². The third-order valence-electron chi connectivity index (χ3n) is 3.52. The molecule has 0 spiro atoms. The van der Waals surface area contributed by atoms with Crippen molar-refractivity contribution in [3.05, 3.63) is 60.2 Å². The molecule has 0 saturated carbocycles. The number of aromatic nitrogens is 1. The van der Waals surface area contributed by atoms with Crippen LogP contribution in [0.4, 0.5) is 0 Å². The summed E-state index contributed by atoms with van der Waals surface area (Å²) in [5.74, 6) is -2.37. The lowest BCUT2D eigenvalue weighted by molar-refractivity contribution is -0.146. The Morgan fingerprint density at radius 3 is 2.33 bits per heavy atom. The first-order valence-corrected chi connectivity index (χ1v) is 8.70. The van der Waals surface area contributed by atoms with E-state index < -0.39 is 23.1 Å². The summed E-state index contributed by atoms with van der Waals surface area (Å²) in [5, 5.41) is 19.1. The molecule has 1 aromatic heterocycles. The van der Waals surface area contributed by atoms with Crippen molar-refractivity contribution in [2.45, 2.75) is 15.5 Å². The molecule has 0 radical (unpaired) electrons. The second-order valence-electron chi connectivity index (χ2n) is 5.12. The highest BCUT2D eigenvalue weighted by Gasteiger charge is 2.44. The maximum atomic E-state index is 12.1. The molecule has 2 aromatic carbocycles. The summed E-state index contributed by atoms with van der Waals surface area (Å²) in [7, 11) is 0. The number of hydrogen-bond acceptors (Lipinski definition) is 5. The van der Waals surface area contributed by atoms with Crippen LogP contribution in [0, 0.1) is 0 Å². The zero-order chi connectivity index (χ0) is 17.2. The molecule has 0 aliphatic heterocycles. The lowest BCUT2D eigenvalue weighted by Crippen LogP contribution is -2.34. The summed E-state index contributed by atoms with van der Waals surface area (Å²) >= 11 is 2.34. The number of carboxylic acid groups (broad SMARTS) is 2. The van der Waals surface area contributed by atoms with E-state index in [2.05, 4.69) is 4.98 Å². The van der Waals surface area contributed by atoms with Gasteiger partial charge in [0.1, 0.15) is 0 Å². The molecule has 1 atom stereocenters. The number of carbonyl (C=O) groups is 2. The summed E-state index contributed by atoms with van der Waals surface area (Å²) in [6, 6.07) is 15.9. The van der Waals surface area contributed by atoms with Crippen LogP contribution in [-0.4, -0.2) is 27.1 Å². The highest BCUT2D eigenvalue weighted by atomic mass is 32.2. The lowest BCUT2D eigenvalue weighted by atomic mass is 9.95. The number of benzene rings is 2. The maximum absolute atomic E-state index is 12.1. The van der Waals surface area contributed by atoms with Gasteiger partial charge in [-0.05, 0) is 17.7 Å². The first kappa shape index (κ1) is 16.5. The molecular weight excluding hydrogens is 346 g/mol. The van der Waals surface area contributed by atoms with E-state index in [-0.39, 0.29) is 0 Å². The Morgan fingerprint density at radius 2 is 1.71 bits per heavy atom. The molecule has 0 fully saturated rings. The van der Waals surface area contributed by atoms with Crippen molar-refractivity contribution in [2.75, 3.05) is 0 Å². The van der Waals surface area contributed by atoms with Crippen LogP contribution in [0.15, 0.2) is 58.9 Å². The zero-order valence-corrected chi connectivity index (χ0v) is 14.0. The van der Waals surface area contributed by atoms with Gasteiger partial charge < -0.3 is 10.2 Å². The quantitative estimate of drug-likeness (QED) is 0.650. The minimum absolute atomic E-state index is 0.434. The number of hydrogen-bond donors (Lipinski definition) is 2. The average molecular weight is 359 g/mol. The standard InChI is InChI=1S/C17H13NO4S2/c19-14(20)10-17(15(21)22,11-6-2-1-3-7-11)24-16-18-12-8-4-5-9-13(12)23-16/h1-9H,10H2,(H,19,20)(H,21,22). The second-order valence-corrected chi connectivity index (χ2v) is 7.70. The van der Waals surface area contributed by atoms with Crippen LogP contribution in [-0.2, 0) is 14.3 Å². The van der Waals surface area contributed by atoms with E-state index in [1.807, 2.05) is 24.3 Å². The van der Waals surface area contributed by atoms with Crippen molar-refractivity contribution in [1.82, 2.24) is 4.98 Å². The second kappa shape index (κ2) is 6.62. The minimum atomic E-state index is -1.62. The Kier molecular flexibility index (Phi) is 4.55. The van der Waals surface area contributed by atoms with E-state index in [9.17, 15) is 19.8 Å². The molecule has 7 heteroatoms. The number of carboxylic acids is 2. The fourth-order valence-electron chi connectivity index (χ4n) is 2.40. The molecule has 3 rings (SSSR count). The highest BCUT2D eigenvalue weighted by molar-refractivity contribution is 8.02. The van der Waals surface area contributed by atoms with Gasteiger partial charge in [0.05, 0.1) is 16.6 Å². The molecule has 0 aliphatic rings. The molecule has 3 aromatic rings. The lowest BCUT2D eigenvalue weighted by Gasteiger charge is -2.26.